The average Bonchev–Trinajstić information content (AvgIpc) is 3.21. The number of nitrogens with zero attached hydrogens (tertiary/aromatic N) is 1. The smallest absolute Gasteiger partial charge is 0.267 e. The van der Waals surface area contributed by atoms with Crippen LogP contribution in [0, 0.1) is 34.6 Å². The summed E-state index contributed by atoms with van der Waals surface area (Å²) in [4.78, 5) is 26.1. The molecule has 0 atom stereocenters. The van der Waals surface area contributed by atoms with Crippen LogP contribution in [0.5, 0.6) is 0 Å². The molecule has 36 heavy (non-hydrogen) atoms. The van der Waals surface area contributed by atoms with Crippen LogP contribution in [-0.4, -0.2) is 40.1 Å². The molecular formula is C21H23ClN4O7S3. The molecule has 0 saturated carbocycles. The van der Waals surface area contributed by atoms with E-state index in [0.29, 0.717) is 21.6 Å². The fraction of sp³-hybridized carbons (Fsp3) is 0.286. The van der Waals surface area contributed by atoms with Gasteiger partial charge in [-0.25, -0.2) is 26.3 Å². The minimum atomic E-state index is -4.34. The van der Waals surface area contributed by atoms with Crippen LogP contribution in [0.25, 0.3) is 0 Å². The zero-order valence-electron chi connectivity index (χ0n) is 20.1. The number of halogens is 1. The first-order chi connectivity index (χ1) is 16.5. The highest BCUT2D eigenvalue weighted by atomic mass is 35.5. The van der Waals surface area contributed by atoms with Crippen LogP contribution in [0.15, 0.2) is 21.6 Å². The van der Waals surface area contributed by atoms with Crippen LogP contribution in [0.1, 0.15) is 47.3 Å². The zero-order valence-corrected chi connectivity index (χ0v) is 23.3. The van der Waals surface area contributed by atoms with Gasteiger partial charge in [0.1, 0.15) is 20.5 Å². The van der Waals surface area contributed by atoms with Gasteiger partial charge in [0.15, 0.2) is 0 Å². The van der Waals surface area contributed by atoms with Crippen molar-refractivity contribution in [1.82, 2.24) is 9.88 Å². The number of rotatable bonds is 7. The summed E-state index contributed by atoms with van der Waals surface area (Å²) in [6, 6.07) is 3.10. The van der Waals surface area contributed by atoms with Crippen LogP contribution in [-0.2, 0) is 20.0 Å². The summed E-state index contributed by atoms with van der Waals surface area (Å²) >= 11 is 6.98. The molecule has 2 heterocycles. The molecule has 2 amide bonds. The van der Waals surface area contributed by atoms with Crippen LogP contribution in [0.2, 0.25) is 5.02 Å². The van der Waals surface area contributed by atoms with Gasteiger partial charge in [-0.1, -0.05) is 22.8 Å². The Morgan fingerprint density at radius 1 is 1.03 bits per heavy atom. The first-order valence-corrected chi connectivity index (χ1v) is 14.8. The first-order valence-electron chi connectivity index (χ1n) is 10.2. The molecule has 3 N–H and O–H groups in total. The second-order valence-corrected chi connectivity index (χ2v) is 13.1. The van der Waals surface area contributed by atoms with E-state index in [1.165, 1.54) is 13.0 Å². The van der Waals surface area contributed by atoms with Crippen molar-refractivity contribution in [1.29, 1.82) is 0 Å². The fourth-order valence-electron chi connectivity index (χ4n) is 3.38. The zero-order chi connectivity index (χ0) is 27.2. The summed E-state index contributed by atoms with van der Waals surface area (Å²) < 4.78 is 58.7. The Kier molecular flexibility index (Phi) is 7.56. The second kappa shape index (κ2) is 9.84. The number of anilines is 2. The molecular weight excluding hydrogens is 552 g/mol. The van der Waals surface area contributed by atoms with Gasteiger partial charge in [0.2, 0.25) is 10.0 Å². The number of amides is 2. The van der Waals surface area contributed by atoms with Crippen LogP contribution < -0.4 is 14.8 Å². The Morgan fingerprint density at radius 2 is 1.67 bits per heavy atom. The molecule has 3 rings (SSSR count). The third kappa shape index (κ3) is 5.72. The molecule has 0 radical (unpaired) electrons. The summed E-state index contributed by atoms with van der Waals surface area (Å²) in [6.45, 7) is 8.06. The largest absolute Gasteiger partial charge is 0.336 e. The average molecular weight is 575 g/mol. The van der Waals surface area contributed by atoms with E-state index in [9.17, 15) is 26.4 Å². The number of hydrogen-bond acceptors (Lipinski definition) is 9. The molecule has 0 aliphatic rings. The summed E-state index contributed by atoms with van der Waals surface area (Å²) in [7, 11) is -8.22. The lowest BCUT2D eigenvalue weighted by Gasteiger charge is -2.15. The second-order valence-electron chi connectivity index (χ2n) is 8.12. The Morgan fingerprint density at radius 3 is 2.22 bits per heavy atom. The van der Waals surface area contributed by atoms with Crippen molar-refractivity contribution in [2.24, 2.45) is 0 Å². The van der Waals surface area contributed by atoms with E-state index < -0.39 is 31.9 Å². The molecule has 11 nitrogen and oxygen atoms in total. The molecule has 0 saturated heterocycles. The van der Waals surface area contributed by atoms with E-state index in [4.69, 9.17) is 16.1 Å². The third-order valence-electron chi connectivity index (χ3n) is 5.06. The maximum absolute atomic E-state index is 13.4. The van der Waals surface area contributed by atoms with Gasteiger partial charge >= 0.3 is 0 Å². The molecule has 15 heteroatoms. The maximum Gasteiger partial charge on any atom is 0.267 e. The van der Waals surface area contributed by atoms with Crippen molar-refractivity contribution >= 4 is 66.4 Å². The molecule has 0 spiro atoms. The first kappa shape index (κ1) is 27.6. The lowest BCUT2D eigenvalue weighted by molar-refractivity contribution is 0.0982. The van der Waals surface area contributed by atoms with E-state index >= 15 is 0 Å². The van der Waals surface area contributed by atoms with Gasteiger partial charge in [-0.05, 0) is 57.4 Å². The number of aryl methyl sites for hydroxylation is 4. The van der Waals surface area contributed by atoms with Gasteiger partial charge in [-0.3, -0.25) is 9.59 Å². The van der Waals surface area contributed by atoms with Crippen molar-refractivity contribution in [2.45, 2.75) is 39.5 Å². The number of hydrogen-bond donors (Lipinski definition) is 3. The number of benzene rings is 1. The number of carbonyl (C=O) groups excluding carboxylic acids is 2. The van der Waals surface area contributed by atoms with Crippen molar-refractivity contribution in [3.63, 3.8) is 0 Å². The Labute approximate surface area is 217 Å². The van der Waals surface area contributed by atoms with Crippen molar-refractivity contribution in [3.8, 4) is 0 Å². The lowest BCUT2D eigenvalue weighted by Crippen LogP contribution is -2.30. The number of aromatic nitrogens is 1. The highest BCUT2D eigenvalue weighted by Gasteiger charge is 2.31. The molecule has 2 aromatic heterocycles. The predicted octanol–water partition coefficient (Wildman–Crippen LogP) is 3.67. The van der Waals surface area contributed by atoms with E-state index in [1.807, 2.05) is 4.72 Å². The van der Waals surface area contributed by atoms with Gasteiger partial charge in [0, 0.05) is 4.88 Å². The highest BCUT2D eigenvalue weighted by Crippen LogP contribution is 2.35. The third-order valence-corrected chi connectivity index (χ3v) is 8.90. The SMILES string of the molecule is Cc1cc(C)c(NC(=O)c2sc(C)c(C)c2S(=O)(=O)Nc2onc(C)c2Cl)c(C(=O)NS(C)(=O)=O)c1. The molecule has 0 bridgehead atoms. The number of sulfonamides is 2. The standard InChI is InChI=1S/C21H23ClN4O7S3/c1-9-7-10(2)16(14(8-9)19(27)25-35(6,29)30)23-20(28)17-18(11(3)13(5)34-17)36(31,32)26-21-15(22)12(4)24-33-21/h7-8,26H,1-6H3,(H,23,28)(H,25,27). The maximum atomic E-state index is 13.4. The Bertz CT molecular complexity index is 1610. The summed E-state index contributed by atoms with van der Waals surface area (Å²) in [5, 5.41) is 6.17. The van der Waals surface area contributed by atoms with Gasteiger partial charge in [0.25, 0.3) is 27.7 Å². The normalized spacial score (nSPS) is 11.9. The summed E-state index contributed by atoms with van der Waals surface area (Å²) in [5.74, 6) is -2.04. The van der Waals surface area contributed by atoms with Gasteiger partial charge in [0.05, 0.1) is 17.5 Å². The van der Waals surface area contributed by atoms with Crippen LogP contribution >= 0.6 is 22.9 Å². The van der Waals surface area contributed by atoms with Crippen LogP contribution in [0.3, 0.4) is 0 Å². The van der Waals surface area contributed by atoms with E-state index in [-0.39, 0.29) is 37.6 Å². The molecule has 194 valence electrons. The quantitative estimate of drug-likeness (QED) is 0.384. The van der Waals surface area contributed by atoms with Crippen molar-refractivity contribution in [3.05, 3.63) is 54.9 Å². The topological polar surface area (TPSA) is 165 Å². The fourth-order valence-corrected chi connectivity index (χ4v) is 6.85. The molecule has 0 aliphatic carbocycles. The molecule has 0 fully saturated rings. The minimum absolute atomic E-state index is 0.0222. The number of nitrogens with one attached hydrogen (secondary N) is 3. The highest BCUT2D eigenvalue weighted by molar-refractivity contribution is 7.93. The van der Waals surface area contributed by atoms with Crippen LogP contribution in [0.4, 0.5) is 11.6 Å². The lowest BCUT2D eigenvalue weighted by atomic mass is 10.0. The Hall–Kier alpha value is -2.94. The number of thiophene rings is 1. The minimum Gasteiger partial charge on any atom is -0.336 e. The van der Waals surface area contributed by atoms with Gasteiger partial charge in [-0.15, -0.1) is 11.3 Å². The molecule has 0 unspecified atom stereocenters. The predicted molar refractivity (Wildman–Crippen MR) is 137 cm³/mol. The molecule has 1 aromatic carbocycles. The van der Waals surface area contributed by atoms with E-state index in [0.717, 1.165) is 17.6 Å². The summed E-state index contributed by atoms with van der Waals surface area (Å²) in [5.41, 5.74) is 1.68. The summed E-state index contributed by atoms with van der Waals surface area (Å²) in [6.07, 6.45) is 0.829. The Balaban J connectivity index is 2.06. The molecule has 0 aliphatic heterocycles. The van der Waals surface area contributed by atoms with E-state index in [2.05, 4.69) is 15.2 Å². The molecule has 3 aromatic rings. The van der Waals surface area contributed by atoms with Gasteiger partial charge in [-0.2, -0.15) is 0 Å². The number of carbonyl (C=O) groups is 2. The van der Waals surface area contributed by atoms with Crippen molar-refractivity contribution < 1.29 is 30.9 Å². The van der Waals surface area contributed by atoms with Gasteiger partial charge < -0.3 is 9.84 Å². The monoisotopic (exact) mass is 574 g/mol. The van der Waals surface area contributed by atoms with E-state index in [1.54, 1.807) is 33.8 Å². The van der Waals surface area contributed by atoms with Crippen molar-refractivity contribution in [2.75, 3.05) is 16.3 Å².